The quantitative estimate of drug-likeness (QED) is 0.896. The Hall–Kier alpha value is -0.540. The number of benzene rings is 1. The zero-order valence-corrected chi connectivity index (χ0v) is 11.9. The number of amides is 1. The van der Waals surface area contributed by atoms with E-state index in [4.69, 9.17) is 11.6 Å². The number of hydrogen-bond acceptors (Lipinski definition) is 1. The Morgan fingerprint density at radius 3 is 2.71 bits per heavy atom. The molecule has 0 aliphatic heterocycles. The molecule has 0 radical (unpaired) electrons. The van der Waals surface area contributed by atoms with Crippen LogP contribution in [0.2, 0.25) is 5.02 Å². The second-order valence-corrected chi connectivity index (χ2v) is 5.87. The number of nitrogens with one attached hydrogen (secondary N) is 1. The van der Waals surface area contributed by atoms with Crippen LogP contribution in [0, 0.1) is 5.92 Å². The first-order valence-electron chi connectivity index (χ1n) is 5.89. The van der Waals surface area contributed by atoms with Gasteiger partial charge in [0.05, 0.1) is 0 Å². The molecule has 0 aromatic heterocycles. The van der Waals surface area contributed by atoms with E-state index in [0.717, 1.165) is 11.0 Å². The first kappa shape index (κ1) is 12.9. The lowest BCUT2D eigenvalue weighted by molar-refractivity contribution is 0.0947. The molecule has 0 unspecified atom stereocenters. The van der Waals surface area contributed by atoms with Crippen LogP contribution >= 0.6 is 27.5 Å². The van der Waals surface area contributed by atoms with E-state index in [-0.39, 0.29) is 5.91 Å². The highest BCUT2D eigenvalue weighted by atomic mass is 79.9. The zero-order valence-electron chi connectivity index (χ0n) is 9.51. The topological polar surface area (TPSA) is 29.1 Å². The van der Waals surface area contributed by atoms with Gasteiger partial charge in [-0.2, -0.15) is 0 Å². The average molecular weight is 317 g/mol. The Kier molecular flexibility index (Phi) is 4.46. The van der Waals surface area contributed by atoms with Crippen molar-refractivity contribution >= 4 is 33.4 Å². The van der Waals surface area contributed by atoms with Gasteiger partial charge >= 0.3 is 0 Å². The largest absolute Gasteiger partial charge is 0.352 e. The van der Waals surface area contributed by atoms with E-state index >= 15 is 0 Å². The van der Waals surface area contributed by atoms with Crippen molar-refractivity contribution in [3.8, 4) is 0 Å². The van der Waals surface area contributed by atoms with Crippen LogP contribution in [0.5, 0.6) is 0 Å². The summed E-state index contributed by atoms with van der Waals surface area (Å²) < 4.78 is 0.830. The molecule has 0 atom stereocenters. The van der Waals surface area contributed by atoms with Crippen molar-refractivity contribution in [1.29, 1.82) is 0 Å². The van der Waals surface area contributed by atoms with E-state index in [0.29, 0.717) is 16.5 Å². The Bertz CT molecular complexity index is 396. The molecule has 2 rings (SSSR count). The molecule has 0 spiro atoms. The van der Waals surface area contributed by atoms with Crippen LogP contribution in [0.15, 0.2) is 22.7 Å². The summed E-state index contributed by atoms with van der Waals surface area (Å²) in [6, 6.07) is 5.25. The van der Waals surface area contributed by atoms with Gasteiger partial charge in [0, 0.05) is 21.6 Å². The predicted octanol–water partition coefficient (Wildman–Crippen LogP) is 4.02. The molecule has 1 saturated carbocycles. The molecule has 0 bridgehead atoms. The van der Waals surface area contributed by atoms with E-state index in [2.05, 4.69) is 21.2 Å². The minimum atomic E-state index is -0.0416. The van der Waals surface area contributed by atoms with Crippen LogP contribution in [0.25, 0.3) is 0 Å². The van der Waals surface area contributed by atoms with Gasteiger partial charge < -0.3 is 5.32 Å². The second kappa shape index (κ2) is 5.87. The molecular weight excluding hydrogens is 302 g/mol. The number of carbonyl (C=O) groups excluding carboxylic acids is 1. The molecule has 1 amide bonds. The van der Waals surface area contributed by atoms with Crippen molar-refractivity contribution in [2.75, 3.05) is 6.54 Å². The smallest absolute Gasteiger partial charge is 0.251 e. The van der Waals surface area contributed by atoms with Crippen LogP contribution in [-0.4, -0.2) is 12.5 Å². The fourth-order valence-electron chi connectivity index (χ4n) is 2.24. The monoisotopic (exact) mass is 315 g/mol. The van der Waals surface area contributed by atoms with Crippen LogP contribution in [0.3, 0.4) is 0 Å². The molecule has 1 N–H and O–H groups in total. The fraction of sp³-hybridized carbons (Fsp3) is 0.462. The van der Waals surface area contributed by atoms with Gasteiger partial charge in [0.15, 0.2) is 0 Å². The van der Waals surface area contributed by atoms with Gasteiger partial charge in [-0.3, -0.25) is 4.79 Å². The molecule has 4 heteroatoms. The Morgan fingerprint density at radius 2 is 2.06 bits per heavy atom. The minimum Gasteiger partial charge on any atom is -0.352 e. The van der Waals surface area contributed by atoms with Crippen molar-refractivity contribution in [2.45, 2.75) is 25.7 Å². The predicted molar refractivity (Wildman–Crippen MR) is 73.4 cm³/mol. The molecule has 0 heterocycles. The van der Waals surface area contributed by atoms with E-state index in [9.17, 15) is 4.79 Å². The van der Waals surface area contributed by atoms with E-state index in [1.807, 2.05) is 0 Å². The highest BCUT2D eigenvalue weighted by Crippen LogP contribution is 2.24. The molecule has 1 aromatic carbocycles. The van der Waals surface area contributed by atoms with Gasteiger partial charge in [-0.05, 0) is 37.0 Å². The first-order valence-corrected chi connectivity index (χ1v) is 7.06. The molecule has 92 valence electrons. The van der Waals surface area contributed by atoms with Gasteiger partial charge in [0.2, 0.25) is 0 Å². The van der Waals surface area contributed by atoms with Crippen molar-refractivity contribution in [3.63, 3.8) is 0 Å². The summed E-state index contributed by atoms with van der Waals surface area (Å²) in [5.41, 5.74) is 0.613. The summed E-state index contributed by atoms with van der Waals surface area (Å²) in [5.74, 6) is 0.613. The summed E-state index contributed by atoms with van der Waals surface area (Å²) in [7, 11) is 0. The van der Waals surface area contributed by atoms with Crippen LogP contribution in [0.4, 0.5) is 0 Å². The molecule has 17 heavy (non-hydrogen) atoms. The van der Waals surface area contributed by atoms with Gasteiger partial charge in [-0.15, -0.1) is 0 Å². The van der Waals surface area contributed by atoms with Crippen LogP contribution in [-0.2, 0) is 0 Å². The Morgan fingerprint density at radius 1 is 1.35 bits per heavy atom. The van der Waals surface area contributed by atoms with Gasteiger partial charge in [0.25, 0.3) is 5.91 Å². The second-order valence-electron chi connectivity index (χ2n) is 4.52. The third kappa shape index (κ3) is 3.71. The van der Waals surface area contributed by atoms with Crippen molar-refractivity contribution < 1.29 is 4.79 Å². The lowest BCUT2D eigenvalue weighted by Gasteiger charge is -2.10. The maximum Gasteiger partial charge on any atom is 0.251 e. The van der Waals surface area contributed by atoms with Crippen LogP contribution < -0.4 is 5.32 Å². The van der Waals surface area contributed by atoms with Crippen molar-refractivity contribution in [3.05, 3.63) is 33.3 Å². The average Bonchev–Trinajstić information content (AvgIpc) is 2.77. The van der Waals surface area contributed by atoms with E-state index in [1.54, 1.807) is 18.2 Å². The molecule has 0 saturated heterocycles. The summed E-state index contributed by atoms with van der Waals surface area (Å²) in [5, 5.41) is 3.55. The first-order chi connectivity index (χ1) is 8.15. The summed E-state index contributed by atoms with van der Waals surface area (Å²) >= 11 is 9.25. The lowest BCUT2D eigenvalue weighted by atomic mass is 10.1. The normalized spacial score (nSPS) is 16.1. The molecule has 1 aromatic rings. The van der Waals surface area contributed by atoms with Gasteiger partial charge in [-0.25, -0.2) is 0 Å². The third-order valence-corrected chi connectivity index (χ3v) is 3.83. The van der Waals surface area contributed by atoms with Gasteiger partial charge in [0.1, 0.15) is 0 Å². The lowest BCUT2D eigenvalue weighted by Crippen LogP contribution is -2.28. The van der Waals surface area contributed by atoms with E-state index < -0.39 is 0 Å². The Balaban J connectivity index is 1.94. The Labute approximate surface area is 115 Å². The minimum absolute atomic E-state index is 0.0416. The highest BCUT2D eigenvalue weighted by molar-refractivity contribution is 9.10. The molecule has 1 aliphatic rings. The standard InChI is InChI=1S/C13H15BrClNO/c14-11-5-10(6-12(15)7-11)13(17)16-8-9-3-1-2-4-9/h5-7,9H,1-4,8H2,(H,16,17). The maximum absolute atomic E-state index is 11.9. The molecule has 2 nitrogen and oxygen atoms in total. The number of hydrogen-bond donors (Lipinski definition) is 1. The molecular formula is C13H15BrClNO. The highest BCUT2D eigenvalue weighted by Gasteiger charge is 2.16. The molecule has 1 fully saturated rings. The maximum atomic E-state index is 11.9. The summed E-state index contributed by atoms with van der Waals surface area (Å²) in [6.45, 7) is 0.781. The number of rotatable bonds is 3. The number of halogens is 2. The summed E-state index contributed by atoms with van der Waals surface area (Å²) in [4.78, 5) is 11.9. The van der Waals surface area contributed by atoms with Crippen molar-refractivity contribution in [1.82, 2.24) is 5.32 Å². The zero-order chi connectivity index (χ0) is 12.3. The molecule has 1 aliphatic carbocycles. The summed E-state index contributed by atoms with van der Waals surface area (Å²) in [6.07, 6.45) is 5.06. The van der Waals surface area contributed by atoms with E-state index in [1.165, 1.54) is 25.7 Å². The fourth-order valence-corrected chi connectivity index (χ4v) is 3.10. The van der Waals surface area contributed by atoms with Crippen molar-refractivity contribution in [2.24, 2.45) is 5.92 Å². The SMILES string of the molecule is O=C(NCC1CCCC1)c1cc(Cl)cc(Br)c1. The number of carbonyl (C=O) groups is 1. The van der Waals surface area contributed by atoms with Gasteiger partial charge in [-0.1, -0.05) is 40.4 Å². The third-order valence-electron chi connectivity index (χ3n) is 3.15. The van der Waals surface area contributed by atoms with Crippen LogP contribution in [0.1, 0.15) is 36.0 Å².